The summed E-state index contributed by atoms with van der Waals surface area (Å²) in [4.78, 5) is 28.0. The number of non-ortho nitro benzene ring substituents is 1. The number of anilines is 1. The maximum absolute atomic E-state index is 13.8. The average Bonchev–Trinajstić information content (AvgIpc) is 2.84. The van der Waals surface area contributed by atoms with Gasteiger partial charge in [0.15, 0.2) is 22.3 Å². The van der Waals surface area contributed by atoms with Crippen molar-refractivity contribution < 1.29 is 19.2 Å². The summed E-state index contributed by atoms with van der Waals surface area (Å²) >= 11 is 5.89. The van der Waals surface area contributed by atoms with Crippen molar-refractivity contribution in [2.75, 3.05) is 12.0 Å². The predicted octanol–water partition coefficient (Wildman–Crippen LogP) is 5.09. The number of carbonyl (C=O) groups is 1. The van der Waals surface area contributed by atoms with Gasteiger partial charge >= 0.3 is 0 Å². The van der Waals surface area contributed by atoms with E-state index in [0.717, 1.165) is 11.3 Å². The molecule has 3 aromatic carbocycles. The minimum atomic E-state index is -0.885. The summed E-state index contributed by atoms with van der Waals surface area (Å²) < 4.78 is 12.1. The Balaban J connectivity index is 1.69. The zero-order valence-electron chi connectivity index (χ0n) is 18.5. The van der Waals surface area contributed by atoms with Crippen molar-refractivity contribution in [3.8, 4) is 11.5 Å². The molecule has 0 unspecified atom stereocenters. The van der Waals surface area contributed by atoms with E-state index >= 15 is 0 Å². The fourth-order valence-corrected chi connectivity index (χ4v) is 5.20. The van der Waals surface area contributed by atoms with Gasteiger partial charge in [-0.25, -0.2) is 0 Å². The minimum Gasteiger partial charge on any atom is -0.493 e. The van der Waals surface area contributed by atoms with E-state index in [9.17, 15) is 14.9 Å². The van der Waals surface area contributed by atoms with Crippen molar-refractivity contribution >= 4 is 34.6 Å². The molecule has 2 aliphatic rings. The van der Waals surface area contributed by atoms with Crippen LogP contribution in [0.3, 0.4) is 0 Å². The third-order valence-corrected chi connectivity index (χ3v) is 6.58. The van der Waals surface area contributed by atoms with Crippen LogP contribution in [-0.4, -0.2) is 33.7 Å². The Kier molecular flexibility index (Phi) is 5.21. The molecule has 9 heteroatoms. The number of amides is 1. The van der Waals surface area contributed by atoms with Crippen LogP contribution >= 0.6 is 12.2 Å². The Labute approximate surface area is 201 Å². The van der Waals surface area contributed by atoms with Crippen LogP contribution in [0, 0.1) is 10.1 Å². The SMILES string of the molecule is COc1cccc2c1O[C@@]1(C)C[C@H]2N(C(=O)c2cccc([N+](=O)[O-])c2)C(=S)N1c1ccccc1. The van der Waals surface area contributed by atoms with Crippen LogP contribution in [0.5, 0.6) is 11.5 Å². The fraction of sp³-hybridized carbons (Fsp3) is 0.200. The second kappa shape index (κ2) is 8.11. The van der Waals surface area contributed by atoms with Gasteiger partial charge in [0.2, 0.25) is 0 Å². The van der Waals surface area contributed by atoms with Crippen LogP contribution in [0.15, 0.2) is 72.8 Å². The van der Waals surface area contributed by atoms with Gasteiger partial charge in [-0.05, 0) is 43.4 Å². The molecule has 2 bridgehead atoms. The number of ether oxygens (including phenoxy) is 2. The van der Waals surface area contributed by atoms with Gasteiger partial charge in [-0.2, -0.15) is 0 Å². The van der Waals surface area contributed by atoms with Crippen LogP contribution < -0.4 is 14.4 Å². The topological polar surface area (TPSA) is 85.1 Å². The van der Waals surface area contributed by atoms with Crippen LogP contribution in [0.2, 0.25) is 0 Å². The van der Waals surface area contributed by atoms with Gasteiger partial charge in [-0.1, -0.05) is 36.4 Å². The summed E-state index contributed by atoms with van der Waals surface area (Å²) in [7, 11) is 1.57. The summed E-state index contributed by atoms with van der Waals surface area (Å²) in [5.41, 5.74) is 0.676. The zero-order valence-corrected chi connectivity index (χ0v) is 19.3. The number of methoxy groups -OCH3 is 1. The highest BCUT2D eigenvalue weighted by molar-refractivity contribution is 7.80. The van der Waals surface area contributed by atoms with Crippen LogP contribution in [0.25, 0.3) is 0 Å². The molecule has 0 aliphatic carbocycles. The molecule has 0 N–H and O–H groups in total. The number of nitro groups is 1. The molecule has 1 fully saturated rings. The van der Waals surface area contributed by atoms with E-state index in [1.165, 1.54) is 23.1 Å². The van der Waals surface area contributed by atoms with Crippen molar-refractivity contribution in [2.24, 2.45) is 0 Å². The van der Waals surface area contributed by atoms with Crippen LogP contribution in [0.4, 0.5) is 11.4 Å². The molecule has 0 spiro atoms. The molecule has 1 saturated heterocycles. The quantitative estimate of drug-likeness (QED) is 0.295. The molecule has 2 heterocycles. The monoisotopic (exact) mass is 475 g/mol. The maximum Gasteiger partial charge on any atom is 0.270 e. The number of fused-ring (bicyclic) bond motifs is 4. The van der Waals surface area contributed by atoms with Crippen molar-refractivity contribution in [3.63, 3.8) is 0 Å². The maximum atomic E-state index is 13.8. The number of nitrogens with zero attached hydrogens (tertiary/aromatic N) is 3. The standard InChI is InChI=1S/C25H21N3O5S/c1-25-15-20(19-12-7-13-21(32-2)22(19)33-25)26(24(34)27(25)17-9-4-3-5-10-17)23(29)16-8-6-11-18(14-16)28(30)31/h3-14,20H,15H2,1-2H3/t20-,25+/m1/s1. The Hall–Kier alpha value is -3.98. The van der Waals surface area contributed by atoms with E-state index in [1.54, 1.807) is 19.2 Å². The molecule has 172 valence electrons. The fourth-order valence-electron chi connectivity index (χ4n) is 4.69. The van der Waals surface area contributed by atoms with E-state index in [2.05, 4.69) is 0 Å². The van der Waals surface area contributed by atoms with E-state index in [0.29, 0.717) is 17.9 Å². The molecule has 34 heavy (non-hydrogen) atoms. The molecule has 0 radical (unpaired) electrons. The van der Waals surface area contributed by atoms with E-state index < -0.39 is 22.6 Å². The molecule has 1 amide bonds. The number of thiocarbonyl (C=S) groups is 1. The molecule has 2 atom stereocenters. The van der Waals surface area contributed by atoms with Gasteiger partial charge in [-0.3, -0.25) is 24.7 Å². The number of carbonyl (C=O) groups excluding carboxylic acids is 1. The Bertz CT molecular complexity index is 1310. The number of nitro benzene ring substituents is 1. The first kappa shape index (κ1) is 21.8. The van der Waals surface area contributed by atoms with Crippen molar-refractivity contribution in [2.45, 2.75) is 25.1 Å². The lowest BCUT2D eigenvalue weighted by molar-refractivity contribution is -0.384. The number of para-hydroxylation sites is 2. The Morgan fingerprint density at radius 3 is 2.59 bits per heavy atom. The summed E-state index contributed by atoms with van der Waals surface area (Å²) in [5, 5.41) is 11.6. The van der Waals surface area contributed by atoms with Gasteiger partial charge < -0.3 is 9.47 Å². The second-order valence-electron chi connectivity index (χ2n) is 8.31. The van der Waals surface area contributed by atoms with Crippen LogP contribution in [-0.2, 0) is 0 Å². The van der Waals surface area contributed by atoms with Gasteiger partial charge in [-0.15, -0.1) is 0 Å². The second-order valence-corrected chi connectivity index (χ2v) is 8.68. The molecule has 0 saturated carbocycles. The van der Waals surface area contributed by atoms with Crippen molar-refractivity contribution in [3.05, 3.63) is 94.0 Å². The Morgan fingerprint density at radius 2 is 1.88 bits per heavy atom. The third-order valence-electron chi connectivity index (χ3n) is 6.20. The van der Waals surface area contributed by atoms with E-state index in [1.807, 2.05) is 54.3 Å². The van der Waals surface area contributed by atoms with Crippen molar-refractivity contribution in [1.29, 1.82) is 0 Å². The number of benzene rings is 3. The summed E-state index contributed by atoms with van der Waals surface area (Å²) in [6.07, 6.45) is 0.433. The zero-order chi connectivity index (χ0) is 24.0. The van der Waals surface area contributed by atoms with Gasteiger partial charge in [0.25, 0.3) is 11.6 Å². The molecular weight excluding hydrogens is 454 g/mol. The highest BCUT2D eigenvalue weighted by atomic mass is 32.1. The van der Waals surface area contributed by atoms with E-state index in [4.69, 9.17) is 21.7 Å². The smallest absolute Gasteiger partial charge is 0.270 e. The number of hydrogen-bond acceptors (Lipinski definition) is 6. The predicted molar refractivity (Wildman–Crippen MR) is 130 cm³/mol. The summed E-state index contributed by atoms with van der Waals surface area (Å²) in [5.74, 6) is 0.679. The first-order valence-electron chi connectivity index (χ1n) is 10.7. The lowest BCUT2D eigenvalue weighted by Crippen LogP contribution is -2.67. The van der Waals surface area contributed by atoms with Gasteiger partial charge in [0.05, 0.1) is 18.1 Å². The van der Waals surface area contributed by atoms with Gasteiger partial charge in [0, 0.05) is 35.4 Å². The Morgan fingerprint density at radius 1 is 1.15 bits per heavy atom. The molecule has 8 nitrogen and oxygen atoms in total. The molecular formula is C25H21N3O5S. The molecule has 2 aliphatic heterocycles. The lowest BCUT2D eigenvalue weighted by atomic mass is 9.88. The number of rotatable bonds is 4. The third kappa shape index (κ3) is 3.36. The van der Waals surface area contributed by atoms with Gasteiger partial charge in [0.1, 0.15) is 0 Å². The number of hydrogen-bond donors (Lipinski definition) is 0. The summed E-state index contributed by atoms with van der Waals surface area (Å²) in [6, 6.07) is 20.2. The summed E-state index contributed by atoms with van der Waals surface area (Å²) in [6.45, 7) is 1.93. The molecule has 0 aromatic heterocycles. The normalized spacial score (nSPS) is 20.9. The molecule has 5 rings (SSSR count). The minimum absolute atomic E-state index is 0.160. The first-order valence-corrected chi connectivity index (χ1v) is 11.1. The van der Waals surface area contributed by atoms with Crippen molar-refractivity contribution in [1.82, 2.24) is 4.90 Å². The highest BCUT2D eigenvalue weighted by Crippen LogP contribution is 2.52. The first-order chi connectivity index (χ1) is 16.3. The lowest BCUT2D eigenvalue weighted by Gasteiger charge is -2.55. The largest absolute Gasteiger partial charge is 0.493 e. The molecule has 3 aromatic rings. The average molecular weight is 476 g/mol. The highest BCUT2D eigenvalue weighted by Gasteiger charge is 2.54. The van der Waals surface area contributed by atoms with Crippen LogP contribution in [0.1, 0.15) is 35.3 Å². The van der Waals surface area contributed by atoms with E-state index in [-0.39, 0.29) is 16.4 Å².